The Labute approximate surface area is 114 Å². The first-order valence-electron chi connectivity index (χ1n) is 6.82. The van der Waals surface area contributed by atoms with Gasteiger partial charge in [0.05, 0.1) is 4.90 Å². The van der Waals surface area contributed by atoms with Crippen molar-refractivity contribution >= 4 is 10.0 Å². The summed E-state index contributed by atoms with van der Waals surface area (Å²) in [6.45, 7) is 2.18. The zero-order valence-electron chi connectivity index (χ0n) is 11.2. The number of benzene rings is 1. The molecular weight excluding hydrogens is 262 g/mol. The summed E-state index contributed by atoms with van der Waals surface area (Å²) in [4.78, 5) is 0.130. The van der Waals surface area contributed by atoms with Crippen LogP contribution in [-0.2, 0) is 10.0 Å². The van der Waals surface area contributed by atoms with E-state index < -0.39 is 10.0 Å². The standard InChI is InChI=1S/C14H21NO3S/c1-2-11-6-8-12(9-7-11)15-19(17,18)14-5-3-4-13(16)10-14/h3-5,10-12,15-16H,2,6-9H2,1H3. The fourth-order valence-electron chi connectivity index (χ4n) is 2.63. The van der Waals surface area contributed by atoms with Gasteiger partial charge in [0, 0.05) is 6.04 Å². The van der Waals surface area contributed by atoms with E-state index in [4.69, 9.17) is 0 Å². The lowest BCUT2D eigenvalue weighted by Crippen LogP contribution is -2.37. The third-order valence-electron chi connectivity index (χ3n) is 3.87. The molecule has 1 aliphatic carbocycles. The quantitative estimate of drug-likeness (QED) is 0.892. The monoisotopic (exact) mass is 283 g/mol. The molecule has 0 aliphatic heterocycles. The number of rotatable bonds is 4. The number of aromatic hydroxyl groups is 1. The van der Waals surface area contributed by atoms with Crippen LogP contribution in [0.25, 0.3) is 0 Å². The fourth-order valence-corrected chi connectivity index (χ4v) is 3.97. The molecule has 4 nitrogen and oxygen atoms in total. The van der Waals surface area contributed by atoms with Crippen molar-refractivity contribution in [2.45, 2.75) is 50.0 Å². The van der Waals surface area contributed by atoms with Crippen molar-refractivity contribution in [1.29, 1.82) is 0 Å². The van der Waals surface area contributed by atoms with Crippen LogP contribution in [0.15, 0.2) is 29.2 Å². The molecule has 1 aromatic rings. The summed E-state index contributed by atoms with van der Waals surface area (Å²) in [6.07, 6.45) is 5.15. The van der Waals surface area contributed by atoms with Gasteiger partial charge in [-0.15, -0.1) is 0 Å². The molecule has 19 heavy (non-hydrogen) atoms. The van der Waals surface area contributed by atoms with Crippen molar-refractivity contribution in [2.75, 3.05) is 0 Å². The molecule has 0 atom stereocenters. The Bertz CT molecular complexity index is 519. The number of phenols is 1. The van der Waals surface area contributed by atoms with Crippen LogP contribution in [0, 0.1) is 5.92 Å². The molecule has 106 valence electrons. The van der Waals surface area contributed by atoms with Gasteiger partial charge in [-0.05, 0) is 49.8 Å². The van der Waals surface area contributed by atoms with Gasteiger partial charge in [0.25, 0.3) is 0 Å². The normalized spacial score (nSPS) is 24.3. The molecule has 0 aromatic heterocycles. The molecule has 2 rings (SSSR count). The Kier molecular flexibility index (Phi) is 4.47. The highest BCUT2D eigenvalue weighted by molar-refractivity contribution is 7.89. The van der Waals surface area contributed by atoms with Crippen LogP contribution in [0.1, 0.15) is 39.0 Å². The van der Waals surface area contributed by atoms with Gasteiger partial charge in [-0.1, -0.05) is 19.4 Å². The van der Waals surface area contributed by atoms with E-state index in [0.29, 0.717) is 0 Å². The maximum Gasteiger partial charge on any atom is 0.240 e. The maximum absolute atomic E-state index is 12.2. The minimum absolute atomic E-state index is 0.0233. The van der Waals surface area contributed by atoms with E-state index in [1.165, 1.54) is 30.7 Å². The van der Waals surface area contributed by atoms with Crippen LogP contribution in [0.5, 0.6) is 5.75 Å². The second-order valence-electron chi connectivity index (χ2n) is 5.24. The lowest BCUT2D eigenvalue weighted by Gasteiger charge is -2.28. The lowest BCUT2D eigenvalue weighted by atomic mass is 9.85. The molecule has 1 saturated carbocycles. The van der Waals surface area contributed by atoms with Gasteiger partial charge in [-0.3, -0.25) is 0 Å². The summed E-state index contributed by atoms with van der Waals surface area (Å²) < 4.78 is 27.1. The summed E-state index contributed by atoms with van der Waals surface area (Å²) in [6, 6.07) is 5.80. The van der Waals surface area contributed by atoms with Gasteiger partial charge < -0.3 is 5.11 Å². The van der Waals surface area contributed by atoms with E-state index in [9.17, 15) is 13.5 Å². The average Bonchev–Trinajstić information content (AvgIpc) is 2.39. The van der Waals surface area contributed by atoms with E-state index in [1.54, 1.807) is 0 Å². The highest BCUT2D eigenvalue weighted by atomic mass is 32.2. The largest absolute Gasteiger partial charge is 0.508 e. The molecule has 0 amide bonds. The molecule has 5 heteroatoms. The number of hydrogen-bond donors (Lipinski definition) is 2. The molecule has 1 fully saturated rings. The molecule has 1 aliphatic rings. The first kappa shape index (κ1) is 14.3. The Morgan fingerprint density at radius 1 is 1.26 bits per heavy atom. The minimum Gasteiger partial charge on any atom is -0.508 e. The van der Waals surface area contributed by atoms with E-state index >= 15 is 0 Å². The van der Waals surface area contributed by atoms with E-state index in [0.717, 1.165) is 31.6 Å². The molecular formula is C14H21NO3S. The van der Waals surface area contributed by atoms with Gasteiger partial charge in [0.2, 0.25) is 10.0 Å². The number of hydrogen-bond acceptors (Lipinski definition) is 3. The molecule has 0 spiro atoms. The topological polar surface area (TPSA) is 66.4 Å². The van der Waals surface area contributed by atoms with Gasteiger partial charge in [0.15, 0.2) is 0 Å². The molecule has 2 N–H and O–H groups in total. The summed E-state index contributed by atoms with van der Waals surface area (Å²) in [5.74, 6) is 0.707. The van der Waals surface area contributed by atoms with E-state index in [1.807, 2.05) is 0 Å². The van der Waals surface area contributed by atoms with Crippen LogP contribution in [-0.4, -0.2) is 19.6 Å². The summed E-state index contributed by atoms with van der Waals surface area (Å²) in [5, 5.41) is 9.36. The van der Waals surface area contributed by atoms with Gasteiger partial charge in [-0.2, -0.15) is 0 Å². The Morgan fingerprint density at radius 2 is 1.95 bits per heavy atom. The minimum atomic E-state index is -3.52. The molecule has 0 unspecified atom stereocenters. The van der Waals surface area contributed by atoms with Gasteiger partial charge in [-0.25, -0.2) is 13.1 Å². The number of phenolic OH excluding ortho intramolecular Hbond substituents is 1. The summed E-state index contributed by atoms with van der Waals surface area (Å²) >= 11 is 0. The Hall–Kier alpha value is -1.07. The summed E-state index contributed by atoms with van der Waals surface area (Å²) in [5.41, 5.74) is 0. The lowest BCUT2D eigenvalue weighted by molar-refractivity contribution is 0.306. The predicted molar refractivity (Wildman–Crippen MR) is 74.5 cm³/mol. The van der Waals surface area contributed by atoms with E-state index in [-0.39, 0.29) is 16.7 Å². The average molecular weight is 283 g/mol. The SMILES string of the molecule is CCC1CCC(NS(=O)(=O)c2cccc(O)c2)CC1. The van der Waals surface area contributed by atoms with Gasteiger partial charge >= 0.3 is 0 Å². The second kappa shape index (κ2) is 5.92. The molecule has 0 radical (unpaired) electrons. The van der Waals surface area contributed by atoms with Crippen LogP contribution in [0.2, 0.25) is 0 Å². The van der Waals surface area contributed by atoms with Gasteiger partial charge in [0.1, 0.15) is 5.75 Å². The molecule has 0 saturated heterocycles. The van der Waals surface area contributed by atoms with Crippen molar-refractivity contribution in [3.63, 3.8) is 0 Å². The Balaban J connectivity index is 2.02. The third kappa shape index (κ3) is 3.70. The number of nitrogens with one attached hydrogen (secondary N) is 1. The second-order valence-corrected chi connectivity index (χ2v) is 6.96. The van der Waals surface area contributed by atoms with Crippen molar-refractivity contribution < 1.29 is 13.5 Å². The zero-order chi connectivity index (χ0) is 13.9. The fraction of sp³-hybridized carbons (Fsp3) is 0.571. The van der Waals surface area contributed by atoms with E-state index in [2.05, 4.69) is 11.6 Å². The zero-order valence-corrected chi connectivity index (χ0v) is 12.0. The smallest absolute Gasteiger partial charge is 0.240 e. The highest BCUT2D eigenvalue weighted by Gasteiger charge is 2.25. The first-order valence-corrected chi connectivity index (χ1v) is 8.31. The van der Waals surface area contributed by atoms with Crippen LogP contribution in [0.3, 0.4) is 0 Å². The van der Waals surface area contributed by atoms with Crippen LogP contribution < -0.4 is 4.72 Å². The van der Waals surface area contributed by atoms with Crippen LogP contribution in [0.4, 0.5) is 0 Å². The first-order chi connectivity index (χ1) is 9.01. The Morgan fingerprint density at radius 3 is 2.53 bits per heavy atom. The maximum atomic E-state index is 12.2. The van der Waals surface area contributed by atoms with Crippen LogP contribution >= 0.6 is 0 Å². The summed E-state index contributed by atoms with van der Waals surface area (Å²) in [7, 11) is -3.52. The van der Waals surface area contributed by atoms with Crippen molar-refractivity contribution in [2.24, 2.45) is 5.92 Å². The van der Waals surface area contributed by atoms with Crippen molar-refractivity contribution in [3.05, 3.63) is 24.3 Å². The number of sulfonamides is 1. The van der Waals surface area contributed by atoms with Crippen molar-refractivity contribution in [3.8, 4) is 5.75 Å². The predicted octanol–water partition coefficient (Wildman–Crippen LogP) is 2.64. The highest BCUT2D eigenvalue weighted by Crippen LogP contribution is 2.27. The molecule has 0 heterocycles. The molecule has 1 aromatic carbocycles. The third-order valence-corrected chi connectivity index (χ3v) is 5.39. The molecule has 0 bridgehead atoms. The van der Waals surface area contributed by atoms with Crippen molar-refractivity contribution in [1.82, 2.24) is 4.72 Å².